The zero-order valence-electron chi connectivity index (χ0n) is 37.0. The van der Waals surface area contributed by atoms with Crippen LogP contribution in [-0.4, -0.2) is 175 Å². The van der Waals surface area contributed by atoms with E-state index >= 15 is 0 Å². The van der Waals surface area contributed by atoms with Crippen LogP contribution in [0.2, 0.25) is 0 Å². The fourth-order valence-electron chi connectivity index (χ4n) is 14.6. The summed E-state index contributed by atoms with van der Waals surface area (Å²) < 4.78 is 50.0. The van der Waals surface area contributed by atoms with E-state index in [1.54, 1.807) is 0 Å². The van der Waals surface area contributed by atoms with Crippen molar-refractivity contribution in [2.75, 3.05) is 13.2 Å². The second-order valence-electron chi connectivity index (χ2n) is 21.6. The van der Waals surface area contributed by atoms with Gasteiger partial charge in [-0.15, -0.1) is 0 Å². The number of hydrogen-bond acceptors (Lipinski definition) is 17. The van der Waals surface area contributed by atoms with Gasteiger partial charge in [0.2, 0.25) is 0 Å². The molecule has 17 nitrogen and oxygen atoms in total. The predicted octanol–water partition coefficient (Wildman–Crippen LogP) is 0.292. The maximum absolute atomic E-state index is 12.2. The van der Waals surface area contributed by atoms with Gasteiger partial charge in [-0.2, -0.15) is 0 Å². The first kappa shape index (κ1) is 46.4. The Morgan fingerprint density at radius 2 is 1.21 bits per heavy atom. The van der Waals surface area contributed by atoms with Gasteiger partial charge in [0.25, 0.3) is 0 Å². The second-order valence-corrected chi connectivity index (χ2v) is 21.6. The van der Waals surface area contributed by atoms with Crippen LogP contribution in [0.1, 0.15) is 99.3 Å². The van der Waals surface area contributed by atoms with Crippen LogP contribution in [0.25, 0.3) is 0 Å². The third-order valence-corrected chi connectivity index (χ3v) is 18.2. The Balaban J connectivity index is 0.913. The first-order valence-corrected chi connectivity index (χ1v) is 23.6. The van der Waals surface area contributed by atoms with Crippen LogP contribution < -0.4 is 0 Å². The molecule has 0 aromatic carbocycles. The van der Waals surface area contributed by atoms with Crippen molar-refractivity contribution in [1.29, 1.82) is 0 Å². The summed E-state index contributed by atoms with van der Waals surface area (Å²) in [6, 6.07) is 0. The summed E-state index contributed by atoms with van der Waals surface area (Å²) in [5.74, 6) is 1.92. The van der Waals surface area contributed by atoms with Crippen LogP contribution in [0, 0.1) is 52.3 Å². The van der Waals surface area contributed by atoms with E-state index in [1.165, 1.54) is 13.8 Å². The minimum atomic E-state index is -1.73. The highest BCUT2D eigenvalue weighted by Crippen LogP contribution is 2.71. The minimum absolute atomic E-state index is 0.0869. The summed E-state index contributed by atoms with van der Waals surface area (Å²) in [6.45, 7) is 12.5. The smallest absolute Gasteiger partial charge is 0.187 e. The molecule has 0 unspecified atom stereocenters. The number of fused-ring (bicyclic) bond motifs is 7. The Labute approximate surface area is 364 Å². The minimum Gasteiger partial charge on any atom is -0.394 e. The SMILES string of the molecule is C[C@@H]1CC[C@@]2(OC1)O[C@H]1C[C@H]3[C@@H]4C[C@@H](O)[C@H]5C[C@@H](O[C@@H]6O[C@H](CO)[C@@H](O[C@@H]7O[C@@H](C)[C@H](O)[C@@H](O)[C@H]7O)[C@H](O)[C@H]6O[C@@H]6O[C@@H](C)[C@H](O)[C@@H](O)[C@H]6O)CC[C@]5(C)[C@H]4CC[C@]3(C)[C@H]1[C@@H]2C. The fraction of sp³-hybridized carbons (Fsp3) is 1.00. The lowest BCUT2D eigenvalue weighted by atomic mass is 9.43. The van der Waals surface area contributed by atoms with Gasteiger partial charge in [0.05, 0.1) is 43.7 Å². The maximum Gasteiger partial charge on any atom is 0.187 e. The van der Waals surface area contributed by atoms with Crippen molar-refractivity contribution in [3.63, 3.8) is 0 Å². The summed E-state index contributed by atoms with van der Waals surface area (Å²) in [7, 11) is 0. The van der Waals surface area contributed by atoms with Crippen molar-refractivity contribution in [3.05, 3.63) is 0 Å². The highest BCUT2D eigenvalue weighted by atomic mass is 16.8. The van der Waals surface area contributed by atoms with E-state index in [0.717, 1.165) is 45.1 Å². The van der Waals surface area contributed by atoms with Crippen LogP contribution in [0.3, 0.4) is 0 Å². The molecule has 0 bridgehead atoms. The van der Waals surface area contributed by atoms with Gasteiger partial charge in [0, 0.05) is 12.3 Å². The molecule has 9 fully saturated rings. The molecular weight excluding hydrogens is 812 g/mol. The Hall–Kier alpha value is -0.680. The van der Waals surface area contributed by atoms with Gasteiger partial charge in [-0.1, -0.05) is 27.7 Å². The van der Waals surface area contributed by atoms with E-state index in [4.69, 9.17) is 37.9 Å². The average Bonchev–Trinajstić information content (AvgIpc) is 3.69. The summed E-state index contributed by atoms with van der Waals surface area (Å²) in [5.41, 5.74) is -0.0539. The molecule has 5 heterocycles. The molecule has 4 saturated carbocycles. The Morgan fingerprint density at radius 1 is 0.581 bits per heavy atom. The molecular formula is C45H74O17. The van der Waals surface area contributed by atoms with Crippen LogP contribution >= 0.6 is 0 Å². The van der Waals surface area contributed by atoms with Gasteiger partial charge in [-0.25, -0.2) is 0 Å². The molecule has 9 aliphatic rings. The lowest BCUT2D eigenvalue weighted by molar-refractivity contribution is -0.389. The number of aliphatic hydroxyl groups is 9. The number of ether oxygens (including phenoxy) is 8. The molecule has 0 amide bonds. The highest BCUT2D eigenvalue weighted by Gasteiger charge is 2.70. The van der Waals surface area contributed by atoms with Crippen molar-refractivity contribution in [1.82, 2.24) is 0 Å². The molecule has 356 valence electrons. The summed E-state index contributed by atoms with van der Waals surface area (Å²) in [5, 5.41) is 98.1. The molecule has 9 rings (SSSR count). The standard InChI is InChI=1S/C45H74O17/c1-18-7-12-45(55-17-18)19(2)30-28(62-45)15-25-23-14-27(47)26-13-22(8-10-43(26,5)24(23)9-11-44(25,30)6)58-42-39(61-41-36(53)34(51)32(49)21(4)57-41)37(54)38(29(16-46)59-42)60-40-35(52)33(50)31(48)20(3)56-40/h18-42,46-54H,7-17H2,1-6H3/t18-,19+,20+,21+,22+,23-,24+,25+,26-,27-,28+,29-,30+,31+,32+,33-,34-,35-,36-,37+,38-,39-,40+,41+,42-,43-,44+,45-/m1/s1. The van der Waals surface area contributed by atoms with E-state index in [1.807, 2.05) is 0 Å². The lowest BCUT2D eigenvalue weighted by Gasteiger charge is -2.62. The van der Waals surface area contributed by atoms with Crippen LogP contribution in [0.4, 0.5) is 0 Å². The van der Waals surface area contributed by atoms with E-state index in [0.29, 0.717) is 54.8 Å². The van der Waals surface area contributed by atoms with Gasteiger partial charge in [0.1, 0.15) is 61.0 Å². The third-order valence-electron chi connectivity index (χ3n) is 18.2. The average molecular weight is 887 g/mol. The molecule has 1 spiro atoms. The molecule has 28 atom stereocenters. The van der Waals surface area contributed by atoms with Gasteiger partial charge < -0.3 is 83.9 Å². The maximum atomic E-state index is 12.2. The van der Waals surface area contributed by atoms with Gasteiger partial charge in [0.15, 0.2) is 24.7 Å². The molecule has 5 aliphatic heterocycles. The second kappa shape index (κ2) is 17.1. The predicted molar refractivity (Wildman–Crippen MR) is 214 cm³/mol. The van der Waals surface area contributed by atoms with Crippen molar-refractivity contribution in [2.24, 2.45) is 52.3 Å². The molecule has 17 heteroatoms. The van der Waals surface area contributed by atoms with Crippen LogP contribution in [-0.2, 0) is 37.9 Å². The van der Waals surface area contributed by atoms with Gasteiger partial charge in [-0.05, 0) is 112 Å². The van der Waals surface area contributed by atoms with E-state index in [9.17, 15) is 46.0 Å². The van der Waals surface area contributed by atoms with Crippen molar-refractivity contribution >= 4 is 0 Å². The normalized spacial score (nSPS) is 60.1. The number of rotatable bonds is 7. The highest BCUT2D eigenvalue weighted by molar-refractivity contribution is 5.16. The zero-order valence-corrected chi connectivity index (χ0v) is 37.0. The van der Waals surface area contributed by atoms with Crippen LogP contribution in [0.5, 0.6) is 0 Å². The Kier molecular flexibility index (Phi) is 12.8. The zero-order chi connectivity index (χ0) is 44.4. The van der Waals surface area contributed by atoms with Gasteiger partial charge >= 0.3 is 0 Å². The van der Waals surface area contributed by atoms with Crippen molar-refractivity contribution < 1.29 is 83.9 Å². The van der Waals surface area contributed by atoms with Crippen LogP contribution in [0.15, 0.2) is 0 Å². The lowest BCUT2D eigenvalue weighted by Crippen LogP contribution is -2.66. The molecule has 62 heavy (non-hydrogen) atoms. The van der Waals surface area contributed by atoms with E-state index < -0.39 is 117 Å². The van der Waals surface area contributed by atoms with Crippen molar-refractivity contribution in [2.45, 2.75) is 216 Å². The first-order chi connectivity index (χ1) is 29.3. The number of hydrogen-bond donors (Lipinski definition) is 9. The monoisotopic (exact) mass is 886 g/mol. The summed E-state index contributed by atoms with van der Waals surface area (Å²) >= 11 is 0. The van der Waals surface area contributed by atoms with Crippen molar-refractivity contribution in [3.8, 4) is 0 Å². The van der Waals surface area contributed by atoms with E-state index in [-0.39, 0.29) is 22.9 Å². The fourth-order valence-corrected chi connectivity index (χ4v) is 14.6. The number of aliphatic hydroxyl groups excluding tert-OH is 9. The molecule has 5 saturated heterocycles. The molecule has 0 aromatic rings. The van der Waals surface area contributed by atoms with Gasteiger partial charge in [-0.3, -0.25) is 0 Å². The molecule has 4 aliphatic carbocycles. The molecule has 0 radical (unpaired) electrons. The van der Waals surface area contributed by atoms with E-state index in [2.05, 4.69) is 27.7 Å². The molecule has 0 aromatic heterocycles. The Morgan fingerprint density at radius 3 is 1.82 bits per heavy atom. The first-order valence-electron chi connectivity index (χ1n) is 23.6. The summed E-state index contributed by atoms with van der Waals surface area (Å²) in [4.78, 5) is 0. The molecule has 9 N–H and O–H groups in total. The topological polar surface area (TPSA) is 256 Å². The quantitative estimate of drug-likeness (QED) is 0.156. The largest absolute Gasteiger partial charge is 0.394 e. The Bertz CT molecular complexity index is 1570. The third kappa shape index (κ3) is 7.47. The summed E-state index contributed by atoms with van der Waals surface area (Å²) in [6.07, 6.45) is -14.9.